The second-order valence-electron chi connectivity index (χ2n) is 6.02. The molecule has 1 fully saturated rings. The predicted octanol–water partition coefficient (Wildman–Crippen LogP) is 3.06. The first kappa shape index (κ1) is 14.5. The number of pyridine rings is 1. The Morgan fingerprint density at radius 1 is 1.19 bits per heavy atom. The van der Waals surface area contributed by atoms with Crippen molar-refractivity contribution in [3.8, 4) is 0 Å². The molecule has 3 heteroatoms. The van der Waals surface area contributed by atoms with Gasteiger partial charge in [0.15, 0.2) is 0 Å². The van der Waals surface area contributed by atoms with Crippen molar-refractivity contribution >= 4 is 10.9 Å². The summed E-state index contributed by atoms with van der Waals surface area (Å²) in [7, 11) is 0. The zero-order chi connectivity index (χ0) is 14.5. The van der Waals surface area contributed by atoms with Crippen LogP contribution in [0.3, 0.4) is 0 Å². The van der Waals surface area contributed by atoms with Gasteiger partial charge in [0.2, 0.25) is 0 Å². The van der Waals surface area contributed by atoms with Gasteiger partial charge in [-0.05, 0) is 56.6 Å². The van der Waals surface area contributed by atoms with Gasteiger partial charge in [-0.3, -0.25) is 9.88 Å². The maximum absolute atomic E-state index is 4.57. The van der Waals surface area contributed by atoms with Gasteiger partial charge in [-0.25, -0.2) is 0 Å². The number of hydrogen-bond acceptors (Lipinski definition) is 3. The minimum Gasteiger partial charge on any atom is -0.317 e. The number of benzene rings is 1. The quantitative estimate of drug-likeness (QED) is 0.914. The van der Waals surface area contributed by atoms with Gasteiger partial charge in [0.25, 0.3) is 0 Å². The standard InChI is InChI=1S/C18H25N3/c1-2-19-13-15-8-11-21(12-9-15)14-17-6-3-5-16-7-4-10-20-18(16)17/h3-7,10,15,19H,2,8-9,11-14H2,1H3. The Bertz CT molecular complexity index is 568. The van der Waals surface area contributed by atoms with Crippen molar-refractivity contribution in [1.29, 1.82) is 0 Å². The van der Waals surface area contributed by atoms with Crippen LogP contribution in [0, 0.1) is 5.92 Å². The third-order valence-electron chi connectivity index (χ3n) is 4.50. The molecule has 1 aromatic heterocycles. The van der Waals surface area contributed by atoms with Crippen LogP contribution in [0.15, 0.2) is 36.5 Å². The van der Waals surface area contributed by atoms with Crippen LogP contribution in [-0.4, -0.2) is 36.1 Å². The van der Waals surface area contributed by atoms with Crippen molar-refractivity contribution in [2.45, 2.75) is 26.3 Å². The van der Waals surface area contributed by atoms with Crippen molar-refractivity contribution < 1.29 is 0 Å². The fourth-order valence-corrected chi connectivity index (χ4v) is 3.23. The molecule has 21 heavy (non-hydrogen) atoms. The van der Waals surface area contributed by atoms with Gasteiger partial charge in [0, 0.05) is 18.1 Å². The molecule has 0 saturated carbocycles. The van der Waals surface area contributed by atoms with Crippen LogP contribution in [0.4, 0.5) is 0 Å². The smallest absolute Gasteiger partial charge is 0.0746 e. The number of nitrogens with one attached hydrogen (secondary N) is 1. The van der Waals surface area contributed by atoms with Crippen LogP contribution in [0.2, 0.25) is 0 Å². The number of likely N-dealkylation sites (tertiary alicyclic amines) is 1. The first-order valence-corrected chi connectivity index (χ1v) is 8.12. The van der Waals surface area contributed by atoms with E-state index in [0.717, 1.165) is 24.5 Å². The highest BCUT2D eigenvalue weighted by molar-refractivity contribution is 5.81. The molecule has 0 unspecified atom stereocenters. The highest BCUT2D eigenvalue weighted by atomic mass is 15.1. The molecule has 0 radical (unpaired) electrons. The zero-order valence-corrected chi connectivity index (χ0v) is 12.9. The lowest BCUT2D eigenvalue weighted by Gasteiger charge is -2.32. The Morgan fingerprint density at radius 2 is 2.00 bits per heavy atom. The number of hydrogen-bond donors (Lipinski definition) is 1. The summed E-state index contributed by atoms with van der Waals surface area (Å²) in [5.74, 6) is 0.854. The minimum atomic E-state index is 0.854. The molecular weight excluding hydrogens is 258 g/mol. The molecule has 0 amide bonds. The van der Waals surface area contributed by atoms with E-state index in [9.17, 15) is 0 Å². The van der Waals surface area contributed by atoms with E-state index in [4.69, 9.17) is 0 Å². The lowest BCUT2D eigenvalue weighted by molar-refractivity contribution is 0.176. The second-order valence-corrected chi connectivity index (χ2v) is 6.02. The van der Waals surface area contributed by atoms with E-state index >= 15 is 0 Å². The molecule has 2 aromatic rings. The number of para-hydroxylation sites is 1. The van der Waals surface area contributed by atoms with Crippen molar-refractivity contribution in [2.75, 3.05) is 26.2 Å². The van der Waals surface area contributed by atoms with Gasteiger partial charge in [0.05, 0.1) is 5.52 Å². The SMILES string of the molecule is CCNCC1CCN(Cc2cccc3cccnc23)CC1. The van der Waals surface area contributed by atoms with Crippen LogP contribution in [0.1, 0.15) is 25.3 Å². The van der Waals surface area contributed by atoms with E-state index in [1.54, 1.807) is 0 Å². The van der Waals surface area contributed by atoms with Crippen molar-refractivity contribution in [1.82, 2.24) is 15.2 Å². The maximum atomic E-state index is 4.57. The van der Waals surface area contributed by atoms with E-state index in [1.807, 2.05) is 12.3 Å². The Balaban J connectivity index is 1.62. The summed E-state index contributed by atoms with van der Waals surface area (Å²) in [4.78, 5) is 7.14. The van der Waals surface area contributed by atoms with Crippen LogP contribution >= 0.6 is 0 Å². The average molecular weight is 283 g/mol. The number of fused-ring (bicyclic) bond motifs is 1. The summed E-state index contributed by atoms with van der Waals surface area (Å²) >= 11 is 0. The molecule has 0 aliphatic carbocycles. The summed E-state index contributed by atoms with van der Waals surface area (Å²) in [5, 5.41) is 4.73. The number of piperidine rings is 1. The summed E-state index contributed by atoms with van der Waals surface area (Å²) in [6.45, 7) is 7.89. The lowest BCUT2D eigenvalue weighted by Crippen LogP contribution is -2.36. The molecule has 0 spiro atoms. The number of aromatic nitrogens is 1. The molecule has 0 bridgehead atoms. The van der Waals surface area contributed by atoms with Gasteiger partial charge >= 0.3 is 0 Å². The Kier molecular flexibility index (Phi) is 4.84. The molecule has 1 aliphatic rings. The largest absolute Gasteiger partial charge is 0.317 e. The summed E-state index contributed by atoms with van der Waals surface area (Å²) < 4.78 is 0. The van der Waals surface area contributed by atoms with E-state index in [0.29, 0.717) is 0 Å². The molecule has 1 N–H and O–H groups in total. The molecular formula is C18H25N3. The molecule has 1 aromatic carbocycles. The first-order chi connectivity index (χ1) is 10.4. The van der Waals surface area contributed by atoms with Crippen LogP contribution in [0.25, 0.3) is 10.9 Å². The third-order valence-corrected chi connectivity index (χ3v) is 4.50. The van der Waals surface area contributed by atoms with Crippen LogP contribution in [-0.2, 0) is 6.54 Å². The molecule has 2 heterocycles. The Hall–Kier alpha value is -1.45. The van der Waals surface area contributed by atoms with Gasteiger partial charge in [0.1, 0.15) is 0 Å². The van der Waals surface area contributed by atoms with Crippen molar-refractivity contribution in [3.63, 3.8) is 0 Å². The Labute approximate surface area is 127 Å². The highest BCUT2D eigenvalue weighted by Crippen LogP contribution is 2.21. The van der Waals surface area contributed by atoms with Crippen LogP contribution < -0.4 is 5.32 Å². The summed E-state index contributed by atoms with van der Waals surface area (Å²) in [5.41, 5.74) is 2.52. The number of rotatable bonds is 5. The fraction of sp³-hybridized carbons (Fsp3) is 0.500. The van der Waals surface area contributed by atoms with Crippen LogP contribution in [0.5, 0.6) is 0 Å². The molecule has 1 saturated heterocycles. The summed E-state index contributed by atoms with van der Waals surface area (Å²) in [6.07, 6.45) is 4.52. The maximum Gasteiger partial charge on any atom is 0.0746 e. The predicted molar refractivity (Wildman–Crippen MR) is 88.3 cm³/mol. The number of nitrogens with zero attached hydrogens (tertiary/aromatic N) is 2. The van der Waals surface area contributed by atoms with E-state index in [1.165, 1.54) is 43.4 Å². The zero-order valence-electron chi connectivity index (χ0n) is 12.9. The van der Waals surface area contributed by atoms with Gasteiger partial charge < -0.3 is 5.32 Å². The average Bonchev–Trinajstić information content (AvgIpc) is 2.55. The molecule has 112 valence electrons. The molecule has 1 aliphatic heterocycles. The third kappa shape index (κ3) is 3.60. The molecule has 0 atom stereocenters. The molecule has 3 nitrogen and oxygen atoms in total. The topological polar surface area (TPSA) is 28.2 Å². The van der Waals surface area contributed by atoms with Gasteiger partial charge in [-0.15, -0.1) is 0 Å². The summed E-state index contributed by atoms with van der Waals surface area (Å²) in [6, 6.07) is 10.7. The van der Waals surface area contributed by atoms with E-state index in [2.05, 4.69) is 46.4 Å². The minimum absolute atomic E-state index is 0.854. The van der Waals surface area contributed by atoms with Crippen molar-refractivity contribution in [3.05, 3.63) is 42.1 Å². The Morgan fingerprint density at radius 3 is 2.81 bits per heavy atom. The normalized spacial score (nSPS) is 17.4. The van der Waals surface area contributed by atoms with E-state index in [-0.39, 0.29) is 0 Å². The van der Waals surface area contributed by atoms with Gasteiger partial charge in [-0.2, -0.15) is 0 Å². The molecule has 3 rings (SSSR count). The lowest BCUT2D eigenvalue weighted by atomic mass is 9.96. The monoisotopic (exact) mass is 283 g/mol. The highest BCUT2D eigenvalue weighted by Gasteiger charge is 2.19. The first-order valence-electron chi connectivity index (χ1n) is 8.12. The fourth-order valence-electron chi connectivity index (χ4n) is 3.23. The second kappa shape index (κ2) is 7.01. The van der Waals surface area contributed by atoms with Crippen molar-refractivity contribution in [2.24, 2.45) is 5.92 Å². The van der Waals surface area contributed by atoms with Gasteiger partial charge in [-0.1, -0.05) is 31.2 Å². The van der Waals surface area contributed by atoms with E-state index < -0.39 is 0 Å².